The highest BCUT2D eigenvalue weighted by Crippen LogP contribution is 2.37. The van der Waals surface area contributed by atoms with Crippen LogP contribution in [0.5, 0.6) is 0 Å². The highest BCUT2D eigenvalue weighted by Gasteiger charge is 2.39. The summed E-state index contributed by atoms with van der Waals surface area (Å²) in [6, 6.07) is 0. The zero-order valence-electron chi connectivity index (χ0n) is 19.0. The number of hydrogen-bond donors (Lipinski definition) is 0. The fraction of sp³-hybridized carbons (Fsp3) is 0.875. The Labute approximate surface area is 180 Å². The Balaban J connectivity index is 2.30. The molecule has 0 unspecified atom stereocenters. The van der Waals surface area contributed by atoms with Gasteiger partial charge >= 0.3 is 11.9 Å². The van der Waals surface area contributed by atoms with Crippen LogP contribution in [0.25, 0.3) is 0 Å². The number of hydrogen-bond acceptors (Lipinski definition) is 4. The third kappa shape index (κ3) is 10.1. The predicted octanol–water partition coefficient (Wildman–Crippen LogP) is 6.44. The molecule has 0 aliphatic heterocycles. The summed E-state index contributed by atoms with van der Waals surface area (Å²) in [5.41, 5.74) is 0. The van der Waals surface area contributed by atoms with Crippen LogP contribution in [0.2, 0.25) is 0 Å². The maximum absolute atomic E-state index is 14.0. The molecular formula is C24H40F2O4. The molecule has 2 atom stereocenters. The minimum Gasteiger partial charge on any atom is -0.463 e. The minimum absolute atomic E-state index is 0.0499. The zero-order chi connectivity index (χ0) is 22.6. The van der Waals surface area contributed by atoms with Crippen LogP contribution in [-0.2, 0) is 19.1 Å². The molecule has 0 saturated heterocycles. The molecule has 0 aromatic carbocycles. The van der Waals surface area contributed by atoms with Crippen LogP contribution in [0.15, 0.2) is 0 Å². The van der Waals surface area contributed by atoms with Crippen molar-refractivity contribution in [1.82, 2.24) is 0 Å². The van der Waals surface area contributed by atoms with Gasteiger partial charge in [-0.1, -0.05) is 39.0 Å². The number of halogens is 2. The Kier molecular flexibility index (Phi) is 12.3. The molecule has 1 saturated carbocycles. The molecule has 0 bridgehead atoms. The summed E-state index contributed by atoms with van der Waals surface area (Å²) in [6.45, 7) is 5.60. The normalized spacial score (nSPS) is 19.5. The van der Waals surface area contributed by atoms with Gasteiger partial charge in [-0.25, -0.2) is 0 Å². The summed E-state index contributed by atoms with van der Waals surface area (Å²) in [5.74, 6) is -4.21. The van der Waals surface area contributed by atoms with Gasteiger partial charge in [0.15, 0.2) is 0 Å². The lowest BCUT2D eigenvalue weighted by Gasteiger charge is -2.20. The molecule has 30 heavy (non-hydrogen) atoms. The molecule has 6 heteroatoms. The molecule has 0 amide bonds. The predicted molar refractivity (Wildman–Crippen MR) is 113 cm³/mol. The average Bonchev–Trinajstić information content (AvgIpc) is 3.01. The van der Waals surface area contributed by atoms with Crippen molar-refractivity contribution in [2.75, 3.05) is 0 Å². The van der Waals surface area contributed by atoms with Gasteiger partial charge in [-0.15, -0.1) is 0 Å². The maximum atomic E-state index is 14.0. The lowest BCUT2D eigenvalue weighted by Crippen LogP contribution is -2.29. The molecule has 1 aliphatic carbocycles. The molecule has 1 aliphatic rings. The Morgan fingerprint density at radius 3 is 2.40 bits per heavy atom. The first-order valence-corrected chi connectivity index (χ1v) is 11.8. The van der Waals surface area contributed by atoms with Gasteiger partial charge in [-0.2, -0.15) is 8.78 Å². The number of alkyl halides is 2. The summed E-state index contributed by atoms with van der Waals surface area (Å²) in [7, 11) is 0. The van der Waals surface area contributed by atoms with Crippen molar-refractivity contribution in [2.45, 2.75) is 123 Å². The van der Waals surface area contributed by atoms with Gasteiger partial charge in [0.05, 0.1) is 6.10 Å². The molecule has 174 valence electrons. The van der Waals surface area contributed by atoms with Crippen molar-refractivity contribution in [3.8, 4) is 0 Å². The average molecular weight is 431 g/mol. The van der Waals surface area contributed by atoms with Gasteiger partial charge in [0.1, 0.15) is 5.78 Å². The van der Waals surface area contributed by atoms with Crippen molar-refractivity contribution in [3.05, 3.63) is 0 Å². The van der Waals surface area contributed by atoms with Gasteiger partial charge < -0.3 is 4.74 Å². The first kappa shape index (κ1) is 26.7. The number of ether oxygens (including phenoxy) is 1. The van der Waals surface area contributed by atoms with E-state index in [1.54, 1.807) is 0 Å². The second-order valence-electron chi connectivity index (χ2n) is 8.99. The van der Waals surface area contributed by atoms with Crippen LogP contribution in [-0.4, -0.2) is 29.6 Å². The van der Waals surface area contributed by atoms with Crippen LogP contribution in [0.3, 0.4) is 0 Å². The van der Waals surface area contributed by atoms with E-state index in [9.17, 15) is 23.2 Å². The van der Waals surface area contributed by atoms with Gasteiger partial charge in [0, 0.05) is 31.6 Å². The van der Waals surface area contributed by atoms with E-state index in [0.29, 0.717) is 38.5 Å². The number of unbranched alkanes of at least 4 members (excludes halogenated alkanes) is 5. The quantitative estimate of drug-likeness (QED) is 0.209. The molecule has 1 fully saturated rings. The number of ketones is 2. The van der Waals surface area contributed by atoms with E-state index in [1.807, 2.05) is 20.8 Å². The second-order valence-corrected chi connectivity index (χ2v) is 8.99. The molecule has 0 radical (unpaired) electrons. The molecule has 0 heterocycles. The summed E-state index contributed by atoms with van der Waals surface area (Å²) < 4.78 is 33.1. The lowest BCUT2D eigenvalue weighted by atomic mass is 9.85. The van der Waals surface area contributed by atoms with E-state index in [-0.39, 0.29) is 42.5 Å². The third-order valence-electron chi connectivity index (χ3n) is 6.00. The monoisotopic (exact) mass is 430 g/mol. The van der Waals surface area contributed by atoms with E-state index in [1.165, 1.54) is 0 Å². The van der Waals surface area contributed by atoms with Crippen molar-refractivity contribution >= 4 is 17.5 Å². The fourth-order valence-electron chi connectivity index (χ4n) is 4.26. The van der Waals surface area contributed by atoms with Gasteiger partial charge in [-0.3, -0.25) is 14.4 Å². The molecule has 0 N–H and O–H groups in total. The largest absolute Gasteiger partial charge is 0.463 e. The SMILES string of the molecule is CCCCCC(F)(F)C(=O)CC[C@H]1CCC(=O)[C@@H]1CCCCCCC(=O)OC(C)C. The smallest absolute Gasteiger partial charge is 0.306 e. The molecule has 1 rings (SSSR count). The number of carbonyl (C=O) groups excluding carboxylic acids is 3. The maximum Gasteiger partial charge on any atom is 0.306 e. The Morgan fingerprint density at radius 2 is 1.73 bits per heavy atom. The molecule has 0 spiro atoms. The second kappa shape index (κ2) is 13.9. The summed E-state index contributed by atoms with van der Waals surface area (Å²) in [6.07, 6.45) is 7.58. The van der Waals surface area contributed by atoms with Crippen LogP contribution >= 0.6 is 0 Å². The lowest BCUT2D eigenvalue weighted by molar-refractivity contribution is -0.147. The van der Waals surface area contributed by atoms with Gasteiger partial charge in [0.2, 0.25) is 5.78 Å². The first-order chi connectivity index (χ1) is 14.2. The third-order valence-corrected chi connectivity index (χ3v) is 6.00. The van der Waals surface area contributed by atoms with Crippen LogP contribution in [0.1, 0.15) is 111 Å². The van der Waals surface area contributed by atoms with Gasteiger partial charge in [-0.05, 0) is 51.9 Å². The van der Waals surface area contributed by atoms with Gasteiger partial charge in [0.25, 0.3) is 0 Å². The zero-order valence-corrected chi connectivity index (χ0v) is 19.0. The van der Waals surface area contributed by atoms with E-state index < -0.39 is 11.7 Å². The number of carbonyl (C=O) groups is 3. The fourth-order valence-corrected chi connectivity index (χ4v) is 4.26. The molecule has 4 nitrogen and oxygen atoms in total. The van der Waals surface area contributed by atoms with Crippen molar-refractivity contribution in [3.63, 3.8) is 0 Å². The standard InChI is InChI=1S/C24H40F2O4/c1-4-5-10-17-24(25,26)22(28)16-14-19-13-15-21(27)20(19)11-8-6-7-9-12-23(29)30-18(2)3/h18-20H,4-17H2,1-3H3/t19-,20-/m1/s1. The summed E-state index contributed by atoms with van der Waals surface area (Å²) in [5, 5.41) is 0. The van der Waals surface area contributed by atoms with Crippen molar-refractivity contribution in [2.24, 2.45) is 11.8 Å². The summed E-state index contributed by atoms with van der Waals surface area (Å²) >= 11 is 0. The van der Waals surface area contributed by atoms with E-state index in [2.05, 4.69) is 0 Å². The van der Waals surface area contributed by atoms with E-state index in [4.69, 9.17) is 4.74 Å². The Morgan fingerprint density at radius 1 is 1.03 bits per heavy atom. The molecule has 0 aromatic rings. The Hall–Kier alpha value is -1.33. The highest BCUT2D eigenvalue weighted by atomic mass is 19.3. The highest BCUT2D eigenvalue weighted by molar-refractivity contribution is 5.86. The van der Waals surface area contributed by atoms with Crippen LogP contribution < -0.4 is 0 Å². The van der Waals surface area contributed by atoms with Crippen molar-refractivity contribution in [1.29, 1.82) is 0 Å². The van der Waals surface area contributed by atoms with Crippen molar-refractivity contribution < 1.29 is 27.9 Å². The first-order valence-electron chi connectivity index (χ1n) is 11.8. The van der Waals surface area contributed by atoms with Crippen LogP contribution in [0.4, 0.5) is 8.78 Å². The number of esters is 1. The van der Waals surface area contributed by atoms with E-state index >= 15 is 0 Å². The summed E-state index contributed by atoms with van der Waals surface area (Å²) in [4.78, 5) is 35.7. The van der Waals surface area contributed by atoms with Crippen LogP contribution in [0, 0.1) is 11.8 Å². The number of rotatable bonds is 16. The molecule has 0 aromatic heterocycles. The Bertz CT molecular complexity index is 545. The molecular weight excluding hydrogens is 390 g/mol. The van der Waals surface area contributed by atoms with E-state index in [0.717, 1.165) is 38.5 Å². The minimum atomic E-state index is -3.23. The number of Topliss-reactive ketones (excluding diaryl/α,β-unsaturated/α-hetero) is 2. The topological polar surface area (TPSA) is 60.4 Å².